The smallest absolute Gasteiger partial charge is 0.222 e. The van der Waals surface area contributed by atoms with Crippen LogP contribution >= 0.6 is 0 Å². The fourth-order valence-corrected chi connectivity index (χ4v) is 4.94. The Balaban J connectivity index is 1.89. The number of nitrogens with one attached hydrogen (secondary N) is 1. The highest BCUT2D eigenvalue weighted by atomic mass is 16.5. The van der Waals surface area contributed by atoms with Gasteiger partial charge in [-0.2, -0.15) is 0 Å². The lowest BCUT2D eigenvalue weighted by atomic mass is 9.81. The lowest BCUT2D eigenvalue weighted by molar-refractivity contribution is -0.121. The molecule has 6 nitrogen and oxygen atoms in total. The van der Waals surface area contributed by atoms with E-state index in [0.717, 1.165) is 46.6 Å². The summed E-state index contributed by atoms with van der Waals surface area (Å²) in [6.07, 6.45) is 9.28. The molecule has 6 heteroatoms. The fourth-order valence-electron chi connectivity index (χ4n) is 4.94. The summed E-state index contributed by atoms with van der Waals surface area (Å²) >= 11 is 0. The third-order valence-corrected chi connectivity index (χ3v) is 6.58. The molecule has 1 fully saturated rings. The summed E-state index contributed by atoms with van der Waals surface area (Å²) in [6, 6.07) is 5.83. The molecule has 0 bridgehead atoms. The Morgan fingerprint density at radius 2 is 2.03 bits per heavy atom. The van der Waals surface area contributed by atoms with Crippen molar-refractivity contribution in [2.75, 3.05) is 20.7 Å². The first-order chi connectivity index (χ1) is 15.0. The molecule has 166 valence electrons. The second-order valence-corrected chi connectivity index (χ2v) is 8.68. The number of aliphatic hydroxyl groups is 1. The number of carbonyl (C=O) groups excluding carboxylic acids is 1. The topological polar surface area (TPSA) is 74.2 Å². The Hall–Kier alpha value is -2.60. The molecule has 0 saturated heterocycles. The molecule has 2 aliphatic heterocycles. The monoisotopic (exact) mass is 423 g/mol. The average molecular weight is 424 g/mol. The lowest BCUT2D eigenvalue weighted by Gasteiger charge is -2.29. The molecule has 1 aromatic rings. The summed E-state index contributed by atoms with van der Waals surface area (Å²) in [5.74, 6) is 1.16. The van der Waals surface area contributed by atoms with E-state index in [1.54, 1.807) is 12.0 Å². The van der Waals surface area contributed by atoms with Gasteiger partial charge in [-0.1, -0.05) is 19.3 Å². The number of rotatable bonds is 5. The van der Waals surface area contributed by atoms with Gasteiger partial charge in [-0.25, -0.2) is 0 Å². The number of carbonyl (C=O) groups is 1. The van der Waals surface area contributed by atoms with Gasteiger partial charge in [0.2, 0.25) is 5.91 Å². The highest BCUT2D eigenvalue weighted by Gasteiger charge is 2.34. The Morgan fingerprint density at radius 1 is 1.26 bits per heavy atom. The lowest BCUT2D eigenvalue weighted by Crippen LogP contribution is -2.32. The highest BCUT2D eigenvalue weighted by molar-refractivity contribution is 6.09. The van der Waals surface area contributed by atoms with Crippen molar-refractivity contribution < 1.29 is 14.6 Å². The largest absolute Gasteiger partial charge is 0.497 e. The third kappa shape index (κ3) is 4.40. The summed E-state index contributed by atoms with van der Waals surface area (Å²) in [4.78, 5) is 19.6. The van der Waals surface area contributed by atoms with Crippen LogP contribution < -0.4 is 10.1 Å². The van der Waals surface area contributed by atoms with Crippen LogP contribution in [0.5, 0.6) is 5.75 Å². The first-order valence-corrected chi connectivity index (χ1v) is 11.4. The van der Waals surface area contributed by atoms with Crippen LogP contribution in [0.3, 0.4) is 0 Å². The molecule has 2 atom stereocenters. The molecule has 3 aliphatic rings. The van der Waals surface area contributed by atoms with Crippen molar-refractivity contribution in [3.8, 4) is 5.75 Å². The van der Waals surface area contributed by atoms with Gasteiger partial charge in [-0.3, -0.25) is 9.79 Å². The summed E-state index contributed by atoms with van der Waals surface area (Å²) < 4.78 is 5.55. The molecule has 0 radical (unpaired) electrons. The van der Waals surface area contributed by atoms with Crippen molar-refractivity contribution in [3.63, 3.8) is 0 Å². The number of benzene rings is 1. The van der Waals surface area contributed by atoms with Crippen LogP contribution in [0.25, 0.3) is 5.57 Å². The minimum Gasteiger partial charge on any atom is -0.497 e. The van der Waals surface area contributed by atoms with Crippen LogP contribution in [0.15, 0.2) is 41.0 Å². The maximum absolute atomic E-state index is 12.6. The quantitative estimate of drug-likeness (QED) is 0.760. The second-order valence-electron chi connectivity index (χ2n) is 8.68. The number of methoxy groups -OCH3 is 1. The summed E-state index contributed by atoms with van der Waals surface area (Å²) in [5, 5.41) is 13.5. The number of nitrogens with zero attached hydrogens (tertiary/aromatic N) is 2. The van der Waals surface area contributed by atoms with Gasteiger partial charge in [0, 0.05) is 42.6 Å². The van der Waals surface area contributed by atoms with Crippen molar-refractivity contribution in [3.05, 3.63) is 47.2 Å². The predicted molar refractivity (Wildman–Crippen MR) is 123 cm³/mol. The number of aliphatic imine (C=N–C) groups is 1. The third-order valence-electron chi connectivity index (χ3n) is 6.58. The number of hydrogen-bond donors (Lipinski definition) is 2. The van der Waals surface area contributed by atoms with Gasteiger partial charge < -0.3 is 20.1 Å². The maximum atomic E-state index is 12.6. The predicted octanol–water partition coefficient (Wildman–Crippen LogP) is 3.50. The van der Waals surface area contributed by atoms with E-state index in [9.17, 15) is 9.90 Å². The van der Waals surface area contributed by atoms with Crippen molar-refractivity contribution in [1.29, 1.82) is 0 Å². The molecule has 2 N–H and O–H groups in total. The van der Waals surface area contributed by atoms with Gasteiger partial charge in [0.05, 0.1) is 19.6 Å². The minimum atomic E-state index is -0.733. The van der Waals surface area contributed by atoms with Gasteiger partial charge in [-0.05, 0) is 55.2 Å². The molecule has 1 aliphatic carbocycles. The zero-order chi connectivity index (χ0) is 22.0. The summed E-state index contributed by atoms with van der Waals surface area (Å²) in [6.45, 7) is 2.52. The molecule has 2 heterocycles. The van der Waals surface area contributed by atoms with E-state index in [1.807, 2.05) is 32.3 Å². The molecule has 0 aromatic heterocycles. The summed E-state index contributed by atoms with van der Waals surface area (Å²) in [5.41, 5.74) is 5.21. The van der Waals surface area contributed by atoms with E-state index in [-0.39, 0.29) is 18.4 Å². The van der Waals surface area contributed by atoms with Crippen LogP contribution in [0.1, 0.15) is 56.6 Å². The maximum Gasteiger partial charge on any atom is 0.222 e. The molecule has 1 unspecified atom stereocenters. The Labute approximate surface area is 184 Å². The SMILES string of the molecule is CCNC(=O)C[C@H]1N=C(C2CCCCC2)c2cc(OC)ccc2C2=CN(C)C(O)C=C21. The number of aliphatic hydroxyl groups excluding tert-OH is 1. The van der Waals surface area contributed by atoms with Crippen LogP contribution in [0, 0.1) is 5.92 Å². The fraction of sp³-hybridized carbons (Fsp3) is 0.520. The Bertz CT molecular complexity index is 928. The molecular weight excluding hydrogens is 390 g/mol. The number of ether oxygens (including phenoxy) is 1. The number of hydrogen-bond acceptors (Lipinski definition) is 5. The normalized spacial score (nSPS) is 23.6. The Morgan fingerprint density at radius 3 is 2.74 bits per heavy atom. The highest BCUT2D eigenvalue weighted by Crippen LogP contribution is 2.41. The zero-order valence-corrected chi connectivity index (χ0v) is 18.7. The van der Waals surface area contributed by atoms with Gasteiger partial charge in [0.15, 0.2) is 0 Å². The van der Waals surface area contributed by atoms with Gasteiger partial charge in [0.25, 0.3) is 0 Å². The van der Waals surface area contributed by atoms with Gasteiger partial charge >= 0.3 is 0 Å². The van der Waals surface area contributed by atoms with E-state index in [2.05, 4.69) is 17.4 Å². The van der Waals surface area contributed by atoms with E-state index >= 15 is 0 Å². The molecule has 1 amide bonds. The van der Waals surface area contributed by atoms with Crippen molar-refractivity contribution in [2.24, 2.45) is 10.9 Å². The molecule has 31 heavy (non-hydrogen) atoms. The van der Waals surface area contributed by atoms with Crippen LogP contribution in [0.4, 0.5) is 0 Å². The zero-order valence-electron chi connectivity index (χ0n) is 18.7. The minimum absolute atomic E-state index is 0.0172. The van der Waals surface area contributed by atoms with Crippen LogP contribution in [-0.2, 0) is 4.79 Å². The van der Waals surface area contributed by atoms with Crippen molar-refractivity contribution in [1.82, 2.24) is 10.2 Å². The van der Waals surface area contributed by atoms with Gasteiger partial charge in [-0.15, -0.1) is 0 Å². The first kappa shape index (κ1) is 21.6. The second kappa shape index (κ2) is 9.27. The number of fused-ring (bicyclic) bond motifs is 3. The number of amides is 1. The van der Waals surface area contributed by atoms with Gasteiger partial charge in [0.1, 0.15) is 12.0 Å². The Kier molecular flexibility index (Phi) is 6.46. The van der Waals surface area contributed by atoms with Crippen molar-refractivity contribution >= 4 is 17.2 Å². The molecule has 1 saturated carbocycles. The standard InChI is InChI=1S/C25H33N3O3/c1-4-26-23(29)14-22-19-13-24(30)28(2)15-21(19)18-11-10-17(31-3)12-20(18)25(27-22)16-8-6-5-7-9-16/h10-13,15-16,22,24,30H,4-9,14H2,1-3H3,(H,26,29)/t22-,24?/m1/s1. The average Bonchev–Trinajstić information content (AvgIpc) is 2.90. The van der Waals surface area contributed by atoms with E-state index < -0.39 is 6.23 Å². The van der Waals surface area contributed by atoms with E-state index in [4.69, 9.17) is 9.73 Å². The first-order valence-electron chi connectivity index (χ1n) is 11.4. The van der Waals surface area contributed by atoms with Crippen LogP contribution in [0.2, 0.25) is 0 Å². The molecule has 4 rings (SSSR count). The molecule has 0 spiro atoms. The van der Waals surface area contributed by atoms with E-state index in [1.165, 1.54) is 19.3 Å². The van der Waals surface area contributed by atoms with Crippen molar-refractivity contribution in [2.45, 2.75) is 57.7 Å². The van der Waals surface area contributed by atoms with Crippen LogP contribution in [-0.4, -0.2) is 54.6 Å². The molecular formula is C25H33N3O3. The number of likely N-dealkylation sites (N-methyl/N-ethyl adjacent to an activating group) is 1. The van der Waals surface area contributed by atoms with E-state index in [0.29, 0.717) is 12.5 Å². The molecule has 1 aromatic carbocycles. The summed E-state index contributed by atoms with van der Waals surface area (Å²) in [7, 11) is 3.55.